The number of hydrogen-bond acceptors (Lipinski definition) is 2. The Morgan fingerprint density at radius 1 is 0.921 bits per heavy atom. The summed E-state index contributed by atoms with van der Waals surface area (Å²) < 4.78 is 15.9. The monoisotopic (exact) mass is 512 g/mol. The van der Waals surface area contributed by atoms with E-state index in [0.29, 0.717) is 13.0 Å². The second-order valence-electron chi connectivity index (χ2n) is 9.99. The van der Waals surface area contributed by atoms with E-state index in [9.17, 15) is 14.3 Å². The molecular weight excluding hydrogens is 475 g/mol. The van der Waals surface area contributed by atoms with Crippen molar-refractivity contribution in [2.45, 2.75) is 65.8 Å². The van der Waals surface area contributed by atoms with E-state index < -0.39 is 0 Å². The van der Waals surface area contributed by atoms with Crippen LogP contribution in [0.4, 0.5) is 4.39 Å². The number of phenolic OH excluding ortho intramolecular Hbond substituents is 1. The fourth-order valence-electron chi connectivity index (χ4n) is 5.25. The first-order valence-electron chi connectivity index (χ1n) is 13.5. The minimum Gasteiger partial charge on any atom is -0.508 e. The molecule has 3 aromatic carbocycles. The molecule has 0 radical (unpaired) electrons. The molecule has 1 heterocycles. The predicted molar refractivity (Wildman–Crippen MR) is 154 cm³/mol. The summed E-state index contributed by atoms with van der Waals surface area (Å²) in [5.41, 5.74) is 13.7. The van der Waals surface area contributed by atoms with Crippen molar-refractivity contribution in [1.82, 2.24) is 4.57 Å². The highest BCUT2D eigenvalue weighted by atomic mass is 19.1. The zero-order chi connectivity index (χ0) is 27.2. The van der Waals surface area contributed by atoms with Crippen molar-refractivity contribution < 1.29 is 14.3 Å². The first-order chi connectivity index (χ1) is 18.3. The average Bonchev–Trinajstić information content (AvgIpc) is 3.17. The molecule has 0 unspecified atom stereocenters. The summed E-state index contributed by atoms with van der Waals surface area (Å²) in [4.78, 5) is 12.4. The first-order valence-corrected chi connectivity index (χ1v) is 13.5. The highest BCUT2D eigenvalue weighted by molar-refractivity contribution is 6.00. The maximum atomic E-state index is 13.7. The molecule has 1 aromatic heterocycles. The largest absolute Gasteiger partial charge is 0.508 e. The summed E-state index contributed by atoms with van der Waals surface area (Å²) in [6.07, 6.45) is 5.53. The fourth-order valence-corrected chi connectivity index (χ4v) is 5.25. The van der Waals surface area contributed by atoms with Crippen LogP contribution < -0.4 is 5.73 Å². The van der Waals surface area contributed by atoms with Gasteiger partial charge in [0, 0.05) is 23.0 Å². The molecule has 5 heteroatoms. The molecule has 1 amide bonds. The molecule has 0 saturated carbocycles. The topological polar surface area (TPSA) is 68.2 Å². The molecule has 198 valence electrons. The number of benzene rings is 3. The number of primary amides is 1. The van der Waals surface area contributed by atoms with Crippen molar-refractivity contribution in [3.63, 3.8) is 0 Å². The maximum Gasteiger partial charge on any atom is 0.244 e. The highest BCUT2D eigenvalue weighted by Crippen LogP contribution is 2.36. The van der Waals surface area contributed by atoms with Gasteiger partial charge >= 0.3 is 0 Å². The number of fused-ring (bicyclic) bond motifs is 1. The highest BCUT2D eigenvalue weighted by Gasteiger charge is 2.18. The van der Waals surface area contributed by atoms with Crippen LogP contribution in [-0.4, -0.2) is 15.6 Å². The van der Waals surface area contributed by atoms with Crippen molar-refractivity contribution in [2.75, 3.05) is 0 Å². The van der Waals surface area contributed by atoms with Crippen molar-refractivity contribution >= 4 is 22.4 Å². The average molecular weight is 513 g/mol. The van der Waals surface area contributed by atoms with Crippen molar-refractivity contribution in [3.8, 4) is 17.0 Å². The molecule has 4 rings (SSSR count). The van der Waals surface area contributed by atoms with Crippen molar-refractivity contribution in [2.24, 2.45) is 5.73 Å². The van der Waals surface area contributed by atoms with Gasteiger partial charge in [-0.15, -0.1) is 0 Å². The summed E-state index contributed by atoms with van der Waals surface area (Å²) in [6, 6.07) is 20.3. The summed E-state index contributed by atoms with van der Waals surface area (Å²) in [7, 11) is 0. The molecule has 0 fully saturated rings. The first kappa shape index (κ1) is 27.2. The summed E-state index contributed by atoms with van der Waals surface area (Å²) in [5.74, 6) is -0.383. The number of hydrogen-bond donors (Lipinski definition) is 2. The molecule has 3 N–H and O–H groups in total. The van der Waals surface area contributed by atoms with Gasteiger partial charge in [-0.1, -0.05) is 51.0 Å². The van der Waals surface area contributed by atoms with Gasteiger partial charge in [0.05, 0.1) is 5.69 Å². The molecule has 0 saturated heterocycles. The number of nitrogens with two attached hydrogens (primary N) is 1. The van der Waals surface area contributed by atoms with E-state index in [0.717, 1.165) is 82.1 Å². The molecule has 0 aliphatic heterocycles. The lowest BCUT2D eigenvalue weighted by Crippen LogP contribution is -2.16. The van der Waals surface area contributed by atoms with E-state index in [1.807, 2.05) is 13.0 Å². The van der Waals surface area contributed by atoms with Gasteiger partial charge in [0.25, 0.3) is 0 Å². The SMILES string of the molecule is CCCCC(C(N)=O)=C(CCCC)c1ccc(Cn2c(-c3ccc(F)cc3)c(C)c3cc(O)ccc32)cc1. The maximum absolute atomic E-state index is 13.7. The molecule has 0 aliphatic carbocycles. The summed E-state index contributed by atoms with van der Waals surface area (Å²) in [6.45, 7) is 6.91. The van der Waals surface area contributed by atoms with Crippen LogP contribution in [0.25, 0.3) is 27.7 Å². The quantitative estimate of drug-likeness (QED) is 0.199. The number of carbonyl (C=O) groups is 1. The number of unbranched alkanes of at least 4 members (excludes halogenated alkanes) is 2. The van der Waals surface area contributed by atoms with Gasteiger partial charge in [0.15, 0.2) is 0 Å². The van der Waals surface area contributed by atoms with E-state index in [1.165, 1.54) is 12.1 Å². The minimum absolute atomic E-state index is 0.215. The third kappa shape index (κ3) is 5.83. The number of phenols is 1. The number of nitrogens with zero attached hydrogens (tertiary/aromatic N) is 1. The Hall–Kier alpha value is -3.86. The van der Waals surface area contributed by atoms with Crippen LogP contribution in [0.15, 0.2) is 72.3 Å². The second-order valence-corrected chi connectivity index (χ2v) is 9.99. The number of halogens is 1. The van der Waals surface area contributed by atoms with Crippen LogP contribution in [0, 0.1) is 12.7 Å². The van der Waals surface area contributed by atoms with E-state index in [1.54, 1.807) is 24.3 Å². The Labute approximate surface area is 224 Å². The van der Waals surface area contributed by atoms with E-state index in [2.05, 4.69) is 42.7 Å². The summed E-state index contributed by atoms with van der Waals surface area (Å²) in [5, 5.41) is 11.1. The van der Waals surface area contributed by atoms with Crippen LogP contribution in [-0.2, 0) is 11.3 Å². The molecule has 4 aromatic rings. The van der Waals surface area contributed by atoms with Crippen LogP contribution in [0.1, 0.15) is 69.1 Å². The molecule has 0 atom stereocenters. The Bertz CT molecular complexity index is 1450. The van der Waals surface area contributed by atoms with Gasteiger partial charge in [0.1, 0.15) is 11.6 Å². The lowest BCUT2D eigenvalue weighted by atomic mass is 9.91. The number of aromatic hydroxyl groups is 1. The summed E-state index contributed by atoms with van der Waals surface area (Å²) >= 11 is 0. The smallest absolute Gasteiger partial charge is 0.244 e. The van der Waals surface area contributed by atoms with Gasteiger partial charge in [0.2, 0.25) is 5.91 Å². The molecule has 0 spiro atoms. The number of aromatic nitrogens is 1. The zero-order valence-corrected chi connectivity index (χ0v) is 22.6. The van der Waals surface area contributed by atoms with Crippen LogP contribution >= 0.6 is 0 Å². The minimum atomic E-state index is -0.324. The fraction of sp³-hybridized carbons (Fsp3) is 0.303. The molecular formula is C33H37FN2O2. The zero-order valence-electron chi connectivity index (χ0n) is 22.6. The third-order valence-corrected chi connectivity index (χ3v) is 7.28. The van der Waals surface area contributed by atoms with Crippen LogP contribution in [0.3, 0.4) is 0 Å². The Morgan fingerprint density at radius 2 is 1.58 bits per heavy atom. The predicted octanol–water partition coefficient (Wildman–Crippen LogP) is 8.13. The number of aryl methyl sites for hydroxylation is 1. The van der Waals surface area contributed by atoms with Crippen LogP contribution in [0.5, 0.6) is 5.75 Å². The Balaban J connectivity index is 1.76. The van der Waals surface area contributed by atoms with E-state index in [-0.39, 0.29) is 17.5 Å². The lowest BCUT2D eigenvalue weighted by molar-refractivity contribution is -0.114. The second kappa shape index (κ2) is 12.1. The number of amides is 1. The third-order valence-electron chi connectivity index (χ3n) is 7.28. The van der Waals surface area contributed by atoms with E-state index in [4.69, 9.17) is 5.73 Å². The normalized spacial score (nSPS) is 12.1. The molecule has 0 aliphatic rings. The molecule has 4 nitrogen and oxygen atoms in total. The number of carbonyl (C=O) groups excluding carboxylic acids is 1. The van der Waals surface area contributed by atoms with E-state index >= 15 is 0 Å². The van der Waals surface area contributed by atoms with Gasteiger partial charge in [-0.3, -0.25) is 4.79 Å². The number of allylic oxidation sites excluding steroid dienone is 1. The van der Waals surface area contributed by atoms with Gasteiger partial charge < -0.3 is 15.4 Å². The van der Waals surface area contributed by atoms with Gasteiger partial charge in [-0.05, 0) is 103 Å². The van der Waals surface area contributed by atoms with Crippen LogP contribution in [0.2, 0.25) is 0 Å². The molecule has 0 bridgehead atoms. The number of rotatable bonds is 11. The van der Waals surface area contributed by atoms with Crippen molar-refractivity contribution in [3.05, 3.63) is 94.8 Å². The lowest BCUT2D eigenvalue weighted by Gasteiger charge is -2.16. The van der Waals surface area contributed by atoms with Gasteiger partial charge in [-0.2, -0.15) is 0 Å². The van der Waals surface area contributed by atoms with Crippen molar-refractivity contribution in [1.29, 1.82) is 0 Å². The molecule has 38 heavy (non-hydrogen) atoms. The Kier molecular flexibility index (Phi) is 8.67. The van der Waals surface area contributed by atoms with Gasteiger partial charge in [-0.25, -0.2) is 4.39 Å². The standard InChI is InChI=1S/C33H37FN2O2/c1-4-6-8-28(29(33(35)38)9-7-5-2)24-12-10-23(11-13-24)21-36-31-19-18-27(37)20-30(31)22(3)32(36)25-14-16-26(34)17-15-25/h10-20,37H,4-9,21H2,1-3H3,(H2,35,38). The Morgan fingerprint density at radius 3 is 2.21 bits per heavy atom.